The van der Waals surface area contributed by atoms with E-state index in [1.54, 1.807) is 18.0 Å². The Morgan fingerprint density at radius 2 is 1.91 bits per heavy atom. The van der Waals surface area contributed by atoms with Crippen LogP contribution in [0.4, 0.5) is 0 Å². The van der Waals surface area contributed by atoms with E-state index >= 15 is 0 Å². The first kappa shape index (κ1) is 19.8. The highest BCUT2D eigenvalue weighted by Crippen LogP contribution is 2.03. The van der Waals surface area contributed by atoms with Crippen molar-refractivity contribution in [1.82, 2.24) is 5.32 Å². The summed E-state index contributed by atoms with van der Waals surface area (Å²) in [5.41, 5.74) is 1.05. The average Bonchev–Trinajstić information content (AvgIpc) is 2.52. The monoisotopic (exact) mass is 323 g/mol. The molecule has 3 N–H and O–H groups in total. The summed E-state index contributed by atoms with van der Waals surface area (Å²) in [6.07, 6.45) is 7.00. The third kappa shape index (κ3) is 10.6. The van der Waals surface area contributed by atoms with E-state index in [9.17, 15) is 9.59 Å². The Kier molecular flexibility index (Phi) is 11.3. The lowest BCUT2D eigenvalue weighted by Gasteiger charge is -2.11. The molecule has 0 saturated heterocycles. The zero-order valence-electron chi connectivity index (χ0n) is 12.4. The summed E-state index contributed by atoms with van der Waals surface area (Å²) in [4.78, 5) is 20.2. The summed E-state index contributed by atoms with van der Waals surface area (Å²) < 4.78 is 0. The molecular formula is C16H21NO4S. The van der Waals surface area contributed by atoms with E-state index in [1.807, 2.05) is 42.7 Å². The Balaban J connectivity index is 0.000000763. The summed E-state index contributed by atoms with van der Waals surface area (Å²) in [7, 11) is 0. The van der Waals surface area contributed by atoms with Crippen molar-refractivity contribution in [2.45, 2.75) is 12.5 Å². The van der Waals surface area contributed by atoms with Crippen LogP contribution >= 0.6 is 11.8 Å². The van der Waals surface area contributed by atoms with Gasteiger partial charge in [-0.3, -0.25) is 0 Å². The van der Waals surface area contributed by atoms with Crippen LogP contribution in [0.15, 0.2) is 49.2 Å². The van der Waals surface area contributed by atoms with Crippen LogP contribution < -0.4 is 5.32 Å². The smallest absolute Gasteiger partial charge is 0.327 e. The lowest BCUT2D eigenvalue weighted by Crippen LogP contribution is -2.33. The van der Waals surface area contributed by atoms with Crippen LogP contribution in [-0.2, 0) is 9.59 Å². The standard InChI is InChI=1S/C13H17NO2S.C3H4O2/c1-17-10-8-12(13(15)16)14-9-7-11-5-3-2-4-6-11;1-2-3(4)5/h2-7,9,12,14H,8,10H2,1H3,(H,15,16);2H,1H2,(H,4,5)/t12-;/m0./s1. The van der Waals surface area contributed by atoms with Gasteiger partial charge in [0.15, 0.2) is 0 Å². The van der Waals surface area contributed by atoms with Gasteiger partial charge in [0.25, 0.3) is 0 Å². The van der Waals surface area contributed by atoms with Crippen LogP contribution in [0.1, 0.15) is 12.0 Å². The summed E-state index contributed by atoms with van der Waals surface area (Å²) >= 11 is 1.65. The molecule has 1 aromatic rings. The minimum atomic E-state index is -0.981. The molecule has 5 nitrogen and oxygen atoms in total. The lowest BCUT2D eigenvalue weighted by atomic mass is 10.2. The topological polar surface area (TPSA) is 86.6 Å². The minimum Gasteiger partial charge on any atom is -0.480 e. The van der Waals surface area contributed by atoms with Gasteiger partial charge in [0.2, 0.25) is 0 Å². The largest absolute Gasteiger partial charge is 0.480 e. The molecule has 0 aliphatic rings. The van der Waals surface area contributed by atoms with Gasteiger partial charge in [-0.05, 0) is 36.3 Å². The molecule has 0 amide bonds. The number of hydrogen-bond donors (Lipinski definition) is 3. The predicted octanol–water partition coefficient (Wildman–Crippen LogP) is 2.71. The van der Waals surface area contributed by atoms with Crippen molar-refractivity contribution in [1.29, 1.82) is 0 Å². The zero-order valence-corrected chi connectivity index (χ0v) is 13.3. The number of carboxylic acid groups (broad SMARTS) is 2. The van der Waals surface area contributed by atoms with Crippen molar-refractivity contribution in [3.05, 3.63) is 54.8 Å². The molecule has 22 heavy (non-hydrogen) atoms. The molecule has 0 saturated carbocycles. The second kappa shape index (κ2) is 12.5. The number of carbonyl (C=O) groups is 2. The van der Waals surface area contributed by atoms with E-state index in [1.165, 1.54) is 0 Å². The normalized spacial score (nSPS) is 11.1. The fourth-order valence-electron chi connectivity index (χ4n) is 1.34. The van der Waals surface area contributed by atoms with Crippen molar-refractivity contribution in [3.63, 3.8) is 0 Å². The highest BCUT2D eigenvalue weighted by molar-refractivity contribution is 7.98. The zero-order chi connectivity index (χ0) is 16.8. The van der Waals surface area contributed by atoms with Gasteiger partial charge in [-0.15, -0.1) is 0 Å². The quantitative estimate of drug-likeness (QED) is 0.638. The molecule has 0 spiro atoms. The van der Waals surface area contributed by atoms with Crippen LogP contribution in [0.2, 0.25) is 0 Å². The third-order valence-corrected chi connectivity index (χ3v) is 3.10. The van der Waals surface area contributed by atoms with Crippen LogP contribution in [0.25, 0.3) is 6.08 Å². The SMILES string of the molecule is C=CC(=O)O.CSCC[C@H](NC=Cc1ccccc1)C(=O)O. The van der Waals surface area contributed by atoms with E-state index < -0.39 is 18.0 Å². The molecule has 1 rings (SSSR count). The maximum atomic E-state index is 10.9. The number of nitrogens with one attached hydrogen (secondary N) is 1. The Hall–Kier alpha value is -2.21. The Bertz CT molecular complexity index is 488. The molecule has 1 atom stereocenters. The van der Waals surface area contributed by atoms with Gasteiger partial charge in [0.05, 0.1) is 0 Å². The highest BCUT2D eigenvalue weighted by atomic mass is 32.2. The molecule has 0 fully saturated rings. The summed E-state index contributed by atoms with van der Waals surface area (Å²) in [6, 6.07) is 9.27. The van der Waals surface area contributed by atoms with Crippen LogP contribution in [-0.4, -0.2) is 40.2 Å². The molecule has 6 heteroatoms. The number of aliphatic carboxylic acids is 2. The van der Waals surface area contributed by atoms with Gasteiger partial charge in [-0.25, -0.2) is 9.59 Å². The first-order valence-corrected chi connectivity index (χ1v) is 7.95. The fourth-order valence-corrected chi connectivity index (χ4v) is 1.81. The van der Waals surface area contributed by atoms with Gasteiger partial charge in [0, 0.05) is 6.08 Å². The van der Waals surface area contributed by atoms with Crippen LogP contribution in [0, 0.1) is 0 Å². The number of thioether (sulfide) groups is 1. The van der Waals surface area contributed by atoms with E-state index in [0.717, 1.165) is 17.4 Å². The molecule has 0 unspecified atom stereocenters. The molecule has 0 aliphatic heterocycles. The molecule has 0 aromatic heterocycles. The van der Waals surface area contributed by atoms with Crippen molar-refractivity contribution in [3.8, 4) is 0 Å². The Morgan fingerprint density at radius 1 is 1.32 bits per heavy atom. The maximum absolute atomic E-state index is 10.9. The predicted molar refractivity (Wildman–Crippen MR) is 90.9 cm³/mol. The van der Waals surface area contributed by atoms with Gasteiger partial charge >= 0.3 is 11.9 Å². The maximum Gasteiger partial charge on any atom is 0.327 e. The first-order chi connectivity index (χ1) is 10.5. The molecule has 120 valence electrons. The second-order valence-electron chi connectivity index (χ2n) is 4.13. The second-order valence-corrected chi connectivity index (χ2v) is 5.11. The summed E-state index contributed by atoms with van der Waals surface area (Å²) in [6.45, 7) is 2.96. The molecule has 0 bridgehead atoms. The van der Waals surface area contributed by atoms with Crippen LogP contribution in [0.5, 0.6) is 0 Å². The van der Waals surface area contributed by atoms with Crippen LogP contribution in [0.3, 0.4) is 0 Å². The summed E-state index contributed by atoms with van der Waals surface area (Å²) in [5, 5.41) is 19.5. The number of rotatable bonds is 8. The fraction of sp³-hybridized carbons (Fsp3) is 0.250. The van der Waals surface area contributed by atoms with E-state index in [4.69, 9.17) is 10.2 Å². The van der Waals surface area contributed by atoms with Crippen molar-refractivity contribution in [2.24, 2.45) is 0 Å². The van der Waals surface area contributed by atoms with Crippen molar-refractivity contribution >= 4 is 29.8 Å². The molecule has 0 heterocycles. The van der Waals surface area contributed by atoms with Crippen molar-refractivity contribution < 1.29 is 19.8 Å². The van der Waals surface area contributed by atoms with Gasteiger partial charge in [0.1, 0.15) is 6.04 Å². The average molecular weight is 323 g/mol. The van der Waals surface area contributed by atoms with E-state index in [0.29, 0.717) is 6.42 Å². The first-order valence-electron chi connectivity index (χ1n) is 6.56. The van der Waals surface area contributed by atoms with Gasteiger partial charge in [-0.2, -0.15) is 11.8 Å². The van der Waals surface area contributed by atoms with Gasteiger partial charge < -0.3 is 15.5 Å². The lowest BCUT2D eigenvalue weighted by molar-refractivity contribution is -0.139. The molecule has 0 aliphatic carbocycles. The molecule has 0 radical (unpaired) electrons. The Labute approximate surface area is 134 Å². The highest BCUT2D eigenvalue weighted by Gasteiger charge is 2.13. The van der Waals surface area contributed by atoms with Gasteiger partial charge in [-0.1, -0.05) is 36.9 Å². The minimum absolute atomic E-state index is 0.512. The Morgan fingerprint density at radius 3 is 2.36 bits per heavy atom. The number of carboxylic acids is 2. The third-order valence-electron chi connectivity index (χ3n) is 2.46. The summed E-state index contributed by atoms with van der Waals surface area (Å²) in [5.74, 6) is -0.954. The van der Waals surface area contributed by atoms with E-state index in [2.05, 4.69) is 11.9 Å². The molecular weight excluding hydrogens is 302 g/mol. The number of hydrogen-bond acceptors (Lipinski definition) is 4. The van der Waals surface area contributed by atoms with E-state index in [-0.39, 0.29) is 0 Å². The molecule has 1 aromatic carbocycles. The number of benzene rings is 1. The van der Waals surface area contributed by atoms with Crippen molar-refractivity contribution in [2.75, 3.05) is 12.0 Å².